The van der Waals surface area contributed by atoms with Crippen LogP contribution in [-0.2, 0) is 24.3 Å². The number of benzene rings is 2. The van der Waals surface area contributed by atoms with Gasteiger partial charge in [-0.1, -0.05) is 54.8 Å². The molecule has 0 radical (unpaired) electrons. The Balaban J connectivity index is 1.44. The first-order valence-corrected chi connectivity index (χ1v) is 12.9. The lowest BCUT2D eigenvalue weighted by atomic mass is 9.90. The summed E-state index contributed by atoms with van der Waals surface area (Å²) in [6.45, 7) is 5.22. The van der Waals surface area contributed by atoms with Crippen LogP contribution in [0.25, 0.3) is 0 Å². The summed E-state index contributed by atoms with van der Waals surface area (Å²) in [6, 6.07) is 14.9. The number of carbonyl (C=O) groups excluding carboxylic acids is 2. The molecule has 1 aromatic heterocycles. The van der Waals surface area contributed by atoms with Crippen molar-refractivity contribution < 1.29 is 9.59 Å². The molecule has 2 heterocycles. The highest BCUT2D eigenvalue weighted by molar-refractivity contribution is 5.98. The molecule has 5 rings (SSSR count). The normalized spacial score (nSPS) is 21.6. The fourth-order valence-electron chi connectivity index (χ4n) is 5.47. The number of hydrogen-bond donors (Lipinski definition) is 2. The predicted molar refractivity (Wildman–Crippen MR) is 139 cm³/mol. The molecule has 1 fully saturated rings. The van der Waals surface area contributed by atoms with Crippen molar-refractivity contribution in [2.24, 2.45) is 5.73 Å². The van der Waals surface area contributed by atoms with E-state index >= 15 is 0 Å². The van der Waals surface area contributed by atoms with Gasteiger partial charge in [-0.25, -0.2) is 4.98 Å². The minimum atomic E-state index is -0.622. The van der Waals surface area contributed by atoms with Crippen molar-refractivity contribution in [1.29, 1.82) is 0 Å². The number of nitrogens with zero attached hydrogens (tertiary/aromatic N) is 3. The molecule has 7 heteroatoms. The number of aromatic nitrogens is 2. The number of aryl methyl sites for hydroxylation is 2. The SMILES string of the molecule is Cc1ccc(C)c(Cn2cnc3c2CN(C(=O)c2ccccc2)C(C(=O)NC2CCCCC2N)C3)c1. The summed E-state index contributed by atoms with van der Waals surface area (Å²) < 4.78 is 2.12. The maximum atomic E-state index is 13.7. The number of nitrogens with one attached hydrogen (secondary N) is 1. The van der Waals surface area contributed by atoms with Gasteiger partial charge in [-0.2, -0.15) is 0 Å². The molecule has 1 aliphatic heterocycles. The first kappa shape index (κ1) is 24.3. The van der Waals surface area contributed by atoms with Crippen molar-refractivity contribution in [2.45, 2.75) is 77.2 Å². The Morgan fingerprint density at radius 2 is 1.86 bits per heavy atom. The van der Waals surface area contributed by atoms with E-state index in [2.05, 4.69) is 46.9 Å². The average Bonchev–Trinajstić information content (AvgIpc) is 3.28. The van der Waals surface area contributed by atoms with Crippen molar-refractivity contribution in [3.63, 3.8) is 0 Å². The van der Waals surface area contributed by atoms with E-state index in [1.807, 2.05) is 24.5 Å². The first-order valence-electron chi connectivity index (χ1n) is 12.9. The van der Waals surface area contributed by atoms with Crippen LogP contribution < -0.4 is 11.1 Å². The van der Waals surface area contributed by atoms with Gasteiger partial charge in [0, 0.05) is 30.6 Å². The number of nitrogens with two attached hydrogens (primary N) is 1. The number of hydrogen-bond acceptors (Lipinski definition) is 4. The molecular weight excluding hydrogens is 450 g/mol. The zero-order valence-corrected chi connectivity index (χ0v) is 21.1. The Hall–Kier alpha value is -3.45. The zero-order valence-electron chi connectivity index (χ0n) is 21.1. The Labute approximate surface area is 212 Å². The molecule has 2 amide bonds. The van der Waals surface area contributed by atoms with Crippen LogP contribution >= 0.6 is 0 Å². The third-order valence-electron chi connectivity index (χ3n) is 7.69. The Morgan fingerprint density at radius 3 is 2.64 bits per heavy atom. The highest BCUT2D eigenvalue weighted by Gasteiger charge is 2.38. The Bertz CT molecular complexity index is 1250. The first-order chi connectivity index (χ1) is 17.4. The van der Waals surface area contributed by atoms with Crippen LogP contribution in [0, 0.1) is 13.8 Å². The molecule has 0 bridgehead atoms. The van der Waals surface area contributed by atoms with Crippen molar-refractivity contribution in [3.8, 4) is 0 Å². The maximum Gasteiger partial charge on any atom is 0.254 e. The molecule has 1 aliphatic carbocycles. The molecule has 3 atom stereocenters. The monoisotopic (exact) mass is 485 g/mol. The average molecular weight is 486 g/mol. The van der Waals surface area contributed by atoms with Crippen LogP contribution in [0.1, 0.15) is 64.1 Å². The third-order valence-corrected chi connectivity index (χ3v) is 7.69. The number of carbonyl (C=O) groups is 2. The van der Waals surface area contributed by atoms with E-state index in [0.29, 0.717) is 25.1 Å². The number of imidazole rings is 1. The van der Waals surface area contributed by atoms with Crippen molar-refractivity contribution in [1.82, 2.24) is 19.8 Å². The summed E-state index contributed by atoms with van der Waals surface area (Å²) in [4.78, 5) is 33.6. The van der Waals surface area contributed by atoms with Crippen molar-refractivity contribution in [2.75, 3.05) is 0 Å². The lowest BCUT2D eigenvalue weighted by Crippen LogP contribution is -2.57. The van der Waals surface area contributed by atoms with Crippen LogP contribution in [0.15, 0.2) is 54.9 Å². The largest absolute Gasteiger partial charge is 0.350 e. The van der Waals surface area contributed by atoms with Gasteiger partial charge in [0.25, 0.3) is 5.91 Å². The molecular formula is C29H35N5O2. The van der Waals surface area contributed by atoms with E-state index in [1.165, 1.54) is 16.7 Å². The highest BCUT2D eigenvalue weighted by atomic mass is 16.2. The van der Waals surface area contributed by atoms with Gasteiger partial charge in [0.1, 0.15) is 6.04 Å². The number of rotatable bonds is 5. The van der Waals surface area contributed by atoms with Gasteiger partial charge in [0.15, 0.2) is 0 Å². The molecule has 3 N–H and O–H groups in total. The van der Waals surface area contributed by atoms with Gasteiger partial charge >= 0.3 is 0 Å². The molecule has 7 nitrogen and oxygen atoms in total. The van der Waals surface area contributed by atoms with E-state index in [4.69, 9.17) is 5.73 Å². The van der Waals surface area contributed by atoms with E-state index in [-0.39, 0.29) is 23.9 Å². The minimum Gasteiger partial charge on any atom is -0.350 e. The summed E-state index contributed by atoms with van der Waals surface area (Å²) in [5, 5.41) is 3.17. The maximum absolute atomic E-state index is 13.7. The second-order valence-corrected chi connectivity index (χ2v) is 10.3. The fraction of sp³-hybridized carbons (Fsp3) is 0.414. The molecule has 0 spiro atoms. The molecule has 36 heavy (non-hydrogen) atoms. The topological polar surface area (TPSA) is 93.2 Å². The number of fused-ring (bicyclic) bond motifs is 1. The lowest BCUT2D eigenvalue weighted by Gasteiger charge is -2.37. The molecule has 1 saturated carbocycles. The van der Waals surface area contributed by atoms with Crippen molar-refractivity contribution in [3.05, 3.63) is 88.5 Å². The molecule has 2 aliphatic rings. The van der Waals surface area contributed by atoms with Gasteiger partial charge in [0.2, 0.25) is 5.91 Å². The second kappa shape index (κ2) is 10.3. The van der Waals surface area contributed by atoms with Gasteiger partial charge in [-0.15, -0.1) is 0 Å². The van der Waals surface area contributed by atoms with Crippen LogP contribution in [0.3, 0.4) is 0 Å². The van der Waals surface area contributed by atoms with Crippen LogP contribution in [0.2, 0.25) is 0 Å². The molecule has 3 unspecified atom stereocenters. The van der Waals surface area contributed by atoms with Gasteiger partial charge in [-0.3, -0.25) is 9.59 Å². The smallest absolute Gasteiger partial charge is 0.254 e. The highest BCUT2D eigenvalue weighted by Crippen LogP contribution is 2.27. The summed E-state index contributed by atoms with van der Waals surface area (Å²) in [6.07, 6.45) is 6.17. The predicted octanol–water partition coefficient (Wildman–Crippen LogP) is 3.50. The summed E-state index contributed by atoms with van der Waals surface area (Å²) >= 11 is 0. The van der Waals surface area contributed by atoms with Crippen LogP contribution in [0.5, 0.6) is 0 Å². The summed E-state index contributed by atoms with van der Waals surface area (Å²) in [7, 11) is 0. The summed E-state index contributed by atoms with van der Waals surface area (Å²) in [5.41, 5.74) is 12.4. The van der Waals surface area contributed by atoms with E-state index < -0.39 is 6.04 Å². The standard InChI is InChI=1S/C29H35N5O2/c1-19-12-13-20(2)22(14-19)16-33-18-31-25-15-26(28(35)32-24-11-7-6-10-23(24)30)34(17-27(25)33)29(36)21-8-4-3-5-9-21/h3-5,8-9,12-14,18,23-24,26H,6-7,10-11,15-17,30H2,1-2H3,(H,32,35). The van der Waals surface area contributed by atoms with Gasteiger partial charge < -0.3 is 20.5 Å². The molecule has 2 aromatic carbocycles. The molecule has 0 saturated heterocycles. The quantitative estimate of drug-likeness (QED) is 0.579. The molecule has 188 valence electrons. The van der Waals surface area contributed by atoms with E-state index in [1.54, 1.807) is 17.0 Å². The summed E-state index contributed by atoms with van der Waals surface area (Å²) in [5.74, 6) is -0.287. The van der Waals surface area contributed by atoms with Crippen LogP contribution in [0.4, 0.5) is 0 Å². The third kappa shape index (κ3) is 4.93. The zero-order chi connectivity index (χ0) is 25.2. The Morgan fingerprint density at radius 1 is 1.08 bits per heavy atom. The number of amides is 2. The van der Waals surface area contributed by atoms with Gasteiger partial charge in [0.05, 0.1) is 24.3 Å². The van der Waals surface area contributed by atoms with Crippen molar-refractivity contribution >= 4 is 11.8 Å². The Kier molecular flexibility index (Phi) is 6.92. The second-order valence-electron chi connectivity index (χ2n) is 10.3. The van der Waals surface area contributed by atoms with Gasteiger partial charge in [-0.05, 0) is 49.9 Å². The minimum absolute atomic E-state index is 0.0445. The fourth-order valence-corrected chi connectivity index (χ4v) is 5.47. The lowest BCUT2D eigenvalue weighted by molar-refractivity contribution is -0.127. The van der Waals surface area contributed by atoms with Crippen LogP contribution in [-0.4, -0.2) is 44.4 Å². The van der Waals surface area contributed by atoms with E-state index in [9.17, 15) is 9.59 Å². The molecule has 3 aromatic rings. The van der Waals surface area contributed by atoms with E-state index in [0.717, 1.165) is 37.1 Å².